The molecule has 0 unspecified atom stereocenters. The summed E-state index contributed by atoms with van der Waals surface area (Å²) in [5.41, 5.74) is 1.21. The number of amides is 1. The highest BCUT2D eigenvalue weighted by atomic mass is 32.1. The maximum atomic E-state index is 13.5. The summed E-state index contributed by atoms with van der Waals surface area (Å²) in [5.74, 6) is 0.211. The molecular weight excluding hydrogens is 374 g/mol. The van der Waals surface area contributed by atoms with Crippen molar-refractivity contribution in [2.45, 2.75) is 43.2 Å². The molecule has 6 nitrogen and oxygen atoms in total. The van der Waals surface area contributed by atoms with E-state index in [1.165, 1.54) is 10.4 Å². The van der Waals surface area contributed by atoms with Crippen LogP contribution in [0.25, 0.3) is 0 Å². The van der Waals surface area contributed by atoms with Crippen LogP contribution in [0, 0.1) is 0 Å². The third kappa shape index (κ3) is 3.12. The van der Waals surface area contributed by atoms with E-state index in [-0.39, 0.29) is 17.0 Å². The van der Waals surface area contributed by atoms with Gasteiger partial charge in [-0.1, -0.05) is 0 Å². The molecule has 1 aromatic heterocycles. The van der Waals surface area contributed by atoms with Crippen LogP contribution in [0.4, 0.5) is 0 Å². The molecule has 7 heteroatoms. The van der Waals surface area contributed by atoms with E-state index in [9.17, 15) is 4.79 Å². The van der Waals surface area contributed by atoms with E-state index in [0.717, 1.165) is 89.5 Å². The van der Waals surface area contributed by atoms with E-state index in [2.05, 4.69) is 28.2 Å². The van der Waals surface area contributed by atoms with Gasteiger partial charge in [-0.15, -0.1) is 11.3 Å². The van der Waals surface area contributed by atoms with Crippen LogP contribution in [0.3, 0.4) is 0 Å². The minimum absolute atomic E-state index is 0.0857. The molecule has 1 aromatic rings. The van der Waals surface area contributed by atoms with Crippen molar-refractivity contribution in [3.05, 3.63) is 21.4 Å². The number of carbonyl (C=O) groups is 1. The molecule has 2 spiro atoms. The molecule has 5 heterocycles. The largest absolute Gasteiger partial charge is 0.381 e. The number of fused-ring (bicyclic) bond motifs is 2. The quantitative estimate of drug-likeness (QED) is 0.773. The first kappa shape index (κ1) is 19.0. The number of likely N-dealkylation sites (N-methyl/N-ethyl adjacent to an activating group) is 1. The van der Waals surface area contributed by atoms with Gasteiger partial charge in [0.05, 0.1) is 17.1 Å². The Hall–Kier alpha value is -0.990. The SMILES string of the molecule is CN1CCN(C(=O)c2cc3c(s2)CCOC32CCNCC2)CC12CCOCC2. The Morgan fingerprint density at radius 3 is 2.71 bits per heavy atom. The normalized spacial score (nSPS) is 27.1. The fraction of sp³-hybridized carbons (Fsp3) is 0.762. The van der Waals surface area contributed by atoms with Gasteiger partial charge in [-0.25, -0.2) is 0 Å². The molecule has 0 aliphatic carbocycles. The van der Waals surface area contributed by atoms with Gasteiger partial charge < -0.3 is 19.7 Å². The van der Waals surface area contributed by atoms with Gasteiger partial charge >= 0.3 is 0 Å². The molecule has 3 fully saturated rings. The van der Waals surface area contributed by atoms with Crippen LogP contribution in [0.15, 0.2) is 6.07 Å². The highest BCUT2D eigenvalue weighted by molar-refractivity contribution is 7.14. The number of carbonyl (C=O) groups excluding carboxylic acids is 1. The lowest BCUT2D eigenvalue weighted by atomic mass is 9.83. The summed E-state index contributed by atoms with van der Waals surface area (Å²) in [5, 5.41) is 3.44. The minimum Gasteiger partial charge on any atom is -0.381 e. The van der Waals surface area contributed by atoms with Crippen LogP contribution in [0.5, 0.6) is 0 Å². The Kier molecular flexibility index (Phi) is 5.00. The number of piperidine rings is 1. The van der Waals surface area contributed by atoms with Crippen LogP contribution in [-0.4, -0.2) is 80.8 Å². The van der Waals surface area contributed by atoms with Crippen LogP contribution in [0.1, 0.15) is 45.8 Å². The Morgan fingerprint density at radius 2 is 1.93 bits per heavy atom. The van der Waals surface area contributed by atoms with Crippen LogP contribution >= 0.6 is 11.3 Å². The van der Waals surface area contributed by atoms with Gasteiger partial charge in [0.25, 0.3) is 5.91 Å². The first-order valence-electron chi connectivity index (χ1n) is 10.7. The van der Waals surface area contributed by atoms with E-state index in [1.807, 2.05) is 0 Å². The van der Waals surface area contributed by atoms with Crippen molar-refractivity contribution in [1.29, 1.82) is 0 Å². The summed E-state index contributed by atoms with van der Waals surface area (Å²) >= 11 is 1.71. The average Bonchev–Trinajstić information content (AvgIpc) is 3.17. The molecule has 0 saturated carbocycles. The molecule has 1 amide bonds. The Labute approximate surface area is 171 Å². The van der Waals surface area contributed by atoms with Crippen molar-refractivity contribution >= 4 is 17.2 Å². The van der Waals surface area contributed by atoms with Gasteiger partial charge in [-0.2, -0.15) is 0 Å². The van der Waals surface area contributed by atoms with Crippen molar-refractivity contribution in [3.63, 3.8) is 0 Å². The predicted molar refractivity (Wildman–Crippen MR) is 109 cm³/mol. The predicted octanol–water partition coefficient (Wildman–Crippen LogP) is 1.84. The lowest BCUT2D eigenvalue weighted by Crippen LogP contribution is -2.63. The summed E-state index contributed by atoms with van der Waals surface area (Å²) in [4.78, 5) is 20.3. The second kappa shape index (κ2) is 7.36. The van der Waals surface area contributed by atoms with E-state index < -0.39 is 0 Å². The third-order valence-electron chi connectivity index (χ3n) is 7.34. The number of thiophene rings is 1. The fourth-order valence-electron chi connectivity index (χ4n) is 5.45. The highest BCUT2D eigenvalue weighted by Crippen LogP contribution is 2.44. The van der Waals surface area contributed by atoms with E-state index >= 15 is 0 Å². The van der Waals surface area contributed by atoms with Gasteiger partial charge in [-0.05, 0) is 57.5 Å². The zero-order valence-electron chi connectivity index (χ0n) is 16.8. The monoisotopic (exact) mass is 405 g/mol. The second-order valence-electron chi connectivity index (χ2n) is 8.78. The van der Waals surface area contributed by atoms with Crippen LogP contribution in [-0.2, 0) is 21.5 Å². The fourth-order valence-corrected chi connectivity index (χ4v) is 6.65. The standard InChI is InChI=1S/C21H31N3O3S/c1-23-9-10-24(15-20(23)5-12-26-13-6-20)19(25)18-14-16-17(28-18)2-11-27-21(16)3-7-22-8-4-21/h14,22H,2-13,15H2,1H3. The smallest absolute Gasteiger partial charge is 0.264 e. The van der Waals surface area contributed by atoms with E-state index in [4.69, 9.17) is 9.47 Å². The van der Waals surface area contributed by atoms with Gasteiger partial charge in [0.2, 0.25) is 0 Å². The van der Waals surface area contributed by atoms with Crippen molar-refractivity contribution in [3.8, 4) is 0 Å². The maximum Gasteiger partial charge on any atom is 0.264 e. The molecule has 5 rings (SSSR count). The summed E-state index contributed by atoms with van der Waals surface area (Å²) in [6.07, 6.45) is 4.97. The van der Waals surface area contributed by atoms with Crippen LogP contribution < -0.4 is 5.32 Å². The zero-order chi connectivity index (χ0) is 19.2. The molecular formula is C21H31N3O3S. The van der Waals surface area contributed by atoms with Crippen molar-refractivity contribution < 1.29 is 14.3 Å². The number of nitrogens with zero attached hydrogens (tertiary/aromatic N) is 2. The summed E-state index contributed by atoms with van der Waals surface area (Å²) in [6.45, 7) is 6.92. The molecule has 0 aromatic carbocycles. The topological polar surface area (TPSA) is 54.0 Å². The molecule has 0 radical (unpaired) electrons. The summed E-state index contributed by atoms with van der Waals surface area (Å²) in [7, 11) is 2.20. The van der Waals surface area contributed by atoms with Gasteiger partial charge in [-0.3, -0.25) is 9.69 Å². The number of rotatable bonds is 1. The van der Waals surface area contributed by atoms with E-state index in [0.29, 0.717) is 0 Å². The maximum absolute atomic E-state index is 13.5. The molecule has 4 aliphatic heterocycles. The second-order valence-corrected chi connectivity index (χ2v) is 9.91. The number of hydrogen-bond donors (Lipinski definition) is 1. The van der Waals surface area contributed by atoms with Crippen LogP contribution in [0.2, 0.25) is 0 Å². The molecule has 4 aliphatic rings. The van der Waals surface area contributed by atoms with Gasteiger partial charge in [0, 0.05) is 49.7 Å². The Morgan fingerprint density at radius 1 is 1.14 bits per heavy atom. The molecule has 28 heavy (non-hydrogen) atoms. The zero-order valence-corrected chi connectivity index (χ0v) is 17.6. The van der Waals surface area contributed by atoms with Crippen molar-refractivity contribution in [2.75, 3.05) is 59.6 Å². The minimum atomic E-state index is -0.169. The van der Waals surface area contributed by atoms with E-state index in [1.54, 1.807) is 11.3 Å². The summed E-state index contributed by atoms with van der Waals surface area (Å²) in [6, 6.07) is 2.17. The molecule has 154 valence electrons. The number of ether oxygens (including phenoxy) is 2. The lowest BCUT2D eigenvalue weighted by Gasteiger charge is -2.51. The Balaban J connectivity index is 1.39. The van der Waals surface area contributed by atoms with Gasteiger partial charge in [0.1, 0.15) is 0 Å². The first-order valence-corrected chi connectivity index (χ1v) is 11.5. The molecule has 1 N–H and O–H groups in total. The van der Waals surface area contributed by atoms with Crippen molar-refractivity contribution in [2.24, 2.45) is 0 Å². The Bertz CT molecular complexity index is 737. The number of nitrogens with one attached hydrogen (secondary N) is 1. The summed E-state index contributed by atoms with van der Waals surface area (Å²) < 4.78 is 11.9. The first-order chi connectivity index (χ1) is 13.6. The molecule has 0 atom stereocenters. The van der Waals surface area contributed by atoms with Gasteiger partial charge in [0.15, 0.2) is 0 Å². The number of piperazine rings is 1. The third-order valence-corrected chi connectivity index (χ3v) is 8.52. The highest BCUT2D eigenvalue weighted by Gasteiger charge is 2.44. The number of hydrogen-bond acceptors (Lipinski definition) is 6. The lowest BCUT2D eigenvalue weighted by molar-refractivity contribution is -0.0792. The van der Waals surface area contributed by atoms with Crippen molar-refractivity contribution in [1.82, 2.24) is 15.1 Å². The average molecular weight is 406 g/mol. The molecule has 0 bridgehead atoms. The molecule has 3 saturated heterocycles.